The summed E-state index contributed by atoms with van der Waals surface area (Å²) in [6.45, 7) is 0. The van der Waals surface area contributed by atoms with Gasteiger partial charge in [0.2, 0.25) is 0 Å². The zero-order chi connectivity index (χ0) is 17.6. The second kappa shape index (κ2) is 6.25. The first-order valence-electron chi connectivity index (χ1n) is 8.54. The van der Waals surface area contributed by atoms with Crippen LogP contribution in [0.5, 0.6) is 0 Å². The first-order valence-corrected chi connectivity index (χ1v) is 9.42. The SMILES string of the molecule is Cn1cc(-c2nc(C(=O)N3[C@@H]4CCCC[C@H]4C[C@H]3C(=O)O)cs2)cn1. The second-order valence-corrected chi connectivity index (χ2v) is 7.71. The van der Waals surface area contributed by atoms with Crippen LogP contribution < -0.4 is 0 Å². The van der Waals surface area contributed by atoms with Gasteiger partial charge >= 0.3 is 5.97 Å². The summed E-state index contributed by atoms with van der Waals surface area (Å²) in [6, 6.07) is -0.699. The average molecular weight is 360 g/mol. The molecule has 0 unspecified atom stereocenters. The Morgan fingerprint density at radius 3 is 2.84 bits per heavy atom. The van der Waals surface area contributed by atoms with E-state index in [1.54, 1.807) is 21.2 Å². The van der Waals surface area contributed by atoms with Crippen molar-refractivity contribution in [1.29, 1.82) is 0 Å². The highest BCUT2D eigenvalue weighted by Gasteiger charge is 2.48. The minimum absolute atomic E-state index is 0.0332. The van der Waals surface area contributed by atoms with Crippen LogP contribution in [0, 0.1) is 5.92 Å². The Hall–Kier alpha value is -2.22. The third-order valence-corrected chi connectivity index (χ3v) is 6.17. The standard InChI is InChI=1S/C17H20N4O3S/c1-20-8-11(7-18-20)15-19-12(9-25-15)16(22)21-13-5-3-2-4-10(13)6-14(21)17(23)24/h7-10,13-14H,2-6H2,1H3,(H,23,24)/t10-,13+,14-/m0/s1. The average Bonchev–Trinajstić information content (AvgIpc) is 3.31. The van der Waals surface area contributed by atoms with Gasteiger partial charge in [-0.2, -0.15) is 5.10 Å². The molecule has 3 atom stereocenters. The second-order valence-electron chi connectivity index (χ2n) is 6.85. The third-order valence-electron chi connectivity index (χ3n) is 5.28. The van der Waals surface area contributed by atoms with E-state index in [-0.39, 0.29) is 11.9 Å². The molecule has 2 fully saturated rings. The number of rotatable bonds is 3. The molecule has 0 aromatic carbocycles. The molecule has 132 valence electrons. The van der Waals surface area contributed by atoms with Crippen LogP contribution >= 0.6 is 11.3 Å². The first-order chi connectivity index (χ1) is 12.0. The summed E-state index contributed by atoms with van der Waals surface area (Å²) in [5.41, 5.74) is 1.19. The Balaban J connectivity index is 1.62. The summed E-state index contributed by atoms with van der Waals surface area (Å²) in [6.07, 6.45) is 8.19. The van der Waals surface area contributed by atoms with Crippen molar-refractivity contribution < 1.29 is 14.7 Å². The van der Waals surface area contributed by atoms with Crippen LogP contribution in [-0.2, 0) is 11.8 Å². The molecule has 0 bridgehead atoms. The molecule has 25 heavy (non-hydrogen) atoms. The molecule has 1 aliphatic carbocycles. The van der Waals surface area contributed by atoms with E-state index in [1.807, 2.05) is 13.2 Å². The van der Waals surface area contributed by atoms with Crippen molar-refractivity contribution in [2.75, 3.05) is 0 Å². The summed E-state index contributed by atoms with van der Waals surface area (Å²) in [7, 11) is 1.83. The number of carbonyl (C=O) groups is 2. The molecule has 2 aromatic heterocycles. The number of hydrogen-bond acceptors (Lipinski definition) is 5. The van der Waals surface area contributed by atoms with E-state index < -0.39 is 12.0 Å². The Bertz CT molecular complexity index is 814. The number of carboxylic acid groups (broad SMARTS) is 1. The van der Waals surface area contributed by atoms with Gasteiger partial charge in [-0.15, -0.1) is 11.3 Å². The largest absolute Gasteiger partial charge is 0.480 e. The molecule has 3 heterocycles. The maximum Gasteiger partial charge on any atom is 0.326 e. The molecule has 2 aliphatic rings. The van der Waals surface area contributed by atoms with Gasteiger partial charge in [-0.05, 0) is 25.2 Å². The summed E-state index contributed by atoms with van der Waals surface area (Å²) >= 11 is 1.38. The Labute approximate surface area is 149 Å². The van der Waals surface area contributed by atoms with Gasteiger partial charge in [0, 0.05) is 30.2 Å². The molecule has 2 aromatic rings. The monoisotopic (exact) mass is 360 g/mol. The van der Waals surface area contributed by atoms with E-state index in [0.29, 0.717) is 18.0 Å². The molecule has 1 N–H and O–H groups in total. The molecule has 7 nitrogen and oxygen atoms in total. The van der Waals surface area contributed by atoms with Crippen molar-refractivity contribution in [3.05, 3.63) is 23.5 Å². The number of nitrogens with zero attached hydrogens (tertiary/aromatic N) is 4. The number of amides is 1. The highest BCUT2D eigenvalue weighted by molar-refractivity contribution is 7.13. The fraction of sp³-hybridized carbons (Fsp3) is 0.529. The molecule has 0 spiro atoms. The molecule has 1 saturated carbocycles. The number of carboxylic acids is 1. The van der Waals surface area contributed by atoms with Gasteiger partial charge in [-0.1, -0.05) is 12.8 Å². The van der Waals surface area contributed by atoms with E-state index >= 15 is 0 Å². The number of aromatic nitrogens is 3. The van der Waals surface area contributed by atoms with Crippen LogP contribution in [0.15, 0.2) is 17.8 Å². The van der Waals surface area contributed by atoms with Crippen molar-refractivity contribution in [2.45, 2.75) is 44.2 Å². The Kier molecular flexibility index (Phi) is 4.07. The number of fused-ring (bicyclic) bond motifs is 1. The molecular formula is C17H20N4O3S. The fourth-order valence-corrected chi connectivity index (χ4v) is 4.91. The van der Waals surface area contributed by atoms with Crippen LogP contribution in [0.2, 0.25) is 0 Å². The van der Waals surface area contributed by atoms with Gasteiger partial charge in [-0.25, -0.2) is 9.78 Å². The molecule has 0 radical (unpaired) electrons. The molecule has 4 rings (SSSR count). The predicted octanol–water partition coefficient (Wildman–Crippen LogP) is 2.40. The lowest BCUT2D eigenvalue weighted by Gasteiger charge is -2.32. The lowest BCUT2D eigenvalue weighted by Crippen LogP contribution is -2.46. The number of carbonyl (C=O) groups excluding carboxylic acids is 1. The smallest absolute Gasteiger partial charge is 0.326 e. The van der Waals surface area contributed by atoms with Crippen LogP contribution in [0.1, 0.15) is 42.6 Å². The Morgan fingerprint density at radius 2 is 2.12 bits per heavy atom. The summed E-state index contributed by atoms with van der Waals surface area (Å²) in [5.74, 6) is -0.867. The fourth-order valence-electron chi connectivity index (χ4n) is 4.14. The van der Waals surface area contributed by atoms with Crippen molar-refractivity contribution >= 4 is 23.2 Å². The number of hydrogen-bond donors (Lipinski definition) is 1. The van der Waals surface area contributed by atoms with Gasteiger partial charge in [0.05, 0.1) is 6.20 Å². The lowest BCUT2D eigenvalue weighted by molar-refractivity contribution is -0.141. The topological polar surface area (TPSA) is 88.3 Å². The number of aliphatic carboxylic acids is 1. The molecule has 1 saturated heterocycles. The van der Waals surface area contributed by atoms with Crippen molar-refractivity contribution in [1.82, 2.24) is 19.7 Å². The summed E-state index contributed by atoms with van der Waals surface area (Å²) in [5, 5.41) is 16.2. The quantitative estimate of drug-likeness (QED) is 0.908. The van der Waals surface area contributed by atoms with Gasteiger partial charge in [0.15, 0.2) is 0 Å². The normalized spacial score (nSPS) is 25.8. The predicted molar refractivity (Wildman–Crippen MR) is 92.3 cm³/mol. The molecule has 1 amide bonds. The minimum atomic E-state index is -0.912. The maximum absolute atomic E-state index is 13.1. The number of thiazole rings is 1. The molecule has 1 aliphatic heterocycles. The van der Waals surface area contributed by atoms with Gasteiger partial charge in [0.25, 0.3) is 5.91 Å². The van der Waals surface area contributed by atoms with Crippen molar-refractivity contribution in [2.24, 2.45) is 13.0 Å². The Morgan fingerprint density at radius 1 is 1.32 bits per heavy atom. The van der Waals surface area contributed by atoms with Gasteiger partial charge in [0.1, 0.15) is 16.7 Å². The van der Waals surface area contributed by atoms with Gasteiger partial charge < -0.3 is 10.0 Å². The van der Waals surface area contributed by atoms with Crippen LogP contribution in [0.3, 0.4) is 0 Å². The highest BCUT2D eigenvalue weighted by atomic mass is 32.1. The summed E-state index contributed by atoms with van der Waals surface area (Å²) in [4.78, 5) is 30.8. The van der Waals surface area contributed by atoms with Crippen LogP contribution in [0.25, 0.3) is 10.6 Å². The summed E-state index contributed by atoms with van der Waals surface area (Å²) < 4.78 is 1.69. The van der Waals surface area contributed by atoms with E-state index in [1.165, 1.54) is 11.3 Å². The zero-order valence-electron chi connectivity index (χ0n) is 14.0. The van der Waals surface area contributed by atoms with E-state index in [4.69, 9.17) is 0 Å². The number of likely N-dealkylation sites (tertiary alicyclic amines) is 1. The minimum Gasteiger partial charge on any atom is -0.480 e. The van der Waals surface area contributed by atoms with Crippen molar-refractivity contribution in [3.8, 4) is 10.6 Å². The molecular weight excluding hydrogens is 340 g/mol. The van der Waals surface area contributed by atoms with Crippen LogP contribution in [0.4, 0.5) is 0 Å². The van der Waals surface area contributed by atoms with Gasteiger partial charge in [-0.3, -0.25) is 9.48 Å². The van der Waals surface area contributed by atoms with Crippen LogP contribution in [-0.4, -0.2) is 48.7 Å². The number of aryl methyl sites for hydroxylation is 1. The molecule has 8 heteroatoms. The first kappa shape index (κ1) is 16.3. The van der Waals surface area contributed by atoms with Crippen molar-refractivity contribution in [3.63, 3.8) is 0 Å². The van der Waals surface area contributed by atoms with E-state index in [0.717, 1.165) is 36.3 Å². The zero-order valence-corrected chi connectivity index (χ0v) is 14.8. The highest BCUT2D eigenvalue weighted by Crippen LogP contribution is 2.40. The van der Waals surface area contributed by atoms with E-state index in [9.17, 15) is 14.7 Å². The lowest BCUT2D eigenvalue weighted by atomic mass is 9.84. The maximum atomic E-state index is 13.1. The third kappa shape index (κ3) is 2.84. The van der Waals surface area contributed by atoms with E-state index in [2.05, 4.69) is 10.1 Å².